The standard InChI is InChI=1S/C13H8ClN3O5S/c14-6-1-2-7-8(3-6)23-9(15-7)4-16-11(20)12(21)17(13(16)22)5-10(18)19/h1-3H,4-5H2,(H,18,19). The number of aliphatic carboxylic acids is 1. The van der Waals surface area contributed by atoms with Crippen LogP contribution in [0.3, 0.4) is 0 Å². The Hall–Kier alpha value is -2.52. The van der Waals surface area contributed by atoms with Crippen molar-refractivity contribution in [3.8, 4) is 0 Å². The van der Waals surface area contributed by atoms with E-state index in [0.717, 1.165) is 4.70 Å². The Balaban J connectivity index is 1.86. The van der Waals surface area contributed by atoms with Crippen LogP contribution in [0, 0.1) is 0 Å². The van der Waals surface area contributed by atoms with Crippen LogP contribution in [0.4, 0.5) is 4.79 Å². The molecule has 0 atom stereocenters. The van der Waals surface area contributed by atoms with Gasteiger partial charge in [-0.15, -0.1) is 11.3 Å². The maximum atomic E-state index is 12.0. The molecule has 0 aliphatic carbocycles. The van der Waals surface area contributed by atoms with Crippen molar-refractivity contribution in [2.24, 2.45) is 0 Å². The van der Waals surface area contributed by atoms with Crippen LogP contribution >= 0.6 is 22.9 Å². The first-order valence-electron chi connectivity index (χ1n) is 6.31. The fourth-order valence-electron chi connectivity index (χ4n) is 2.11. The van der Waals surface area contributed by atoms with Crippen LogP contribution in [0.25, 0.3) is 10.2 Å². The molecular weight excluding hydrogens is 346 g/mol. The number of carboxylic acid groups (broad SMARTS) is 1. The Morgan fingerprint density at radius 3 is 2.61 bits per heavy atom. The first kappa shape index (κ1) is 15.4. The smallest absolute Gasteiger partial charge is 0.335 e. The second kappa shape index (κ2) is 5.60. The van der Waals surface area contributed by atoms with E-state index in [1.165, 1.54) is 11.3 Å². The van der Waals surface area contributed by atoms with Crippen LogP contribution < -0.4 is 0 Å². The van der Waals surface area contributed by atoms with Gasteiger partial charge in [0.1, 0.15) is 11.6 Å². The van der Waals surface area contributed by atoms with Gasteiger partial charge in [0, 0.05) is 5.02 Å². The number of hydrogen-bond donors (Lipinski definition) is 1. The Morgan fingerprint density at radius 2 is 1.91 bits per heavy atom. The summed E-state index contributed by atoms with van der Waals surface area (Å²) in [6, 6.07) is 4.11. The van der Waals surface area contributed by atoms with Gasteiger partial charge in [0.15, 0.2) is 0 Å². The number of hydrogen-bond acceptors (Lipinski definition) is 6. The number of fused-ring (bicyclic) bond motifs is 1. The van der Waals surface area contributed by atoms with Crippen molar-refractivity contribution in [3.63, 3.8) is 0 Å². The summed E-state index contributed by atoms with van der Waals surface area (Å²) in [7, 11) is 0. The molecule has 1 aliphatic heterocycles. The predicted molar refractivity (Wildman–Crippen MR) is 79.9 cm³/mol. The molecular formula is C13H8ClN3O5S. The Kier molecular flexibility index (Phi) is 3.74. The van der Waals surface area contributed by atoms with E-state index in [2.05, 4.69) is 4.98 Å². The first-order chi connectivity index (χ1) is 10.9. The summed E-state index contributed by atoms with van der Waals surface area (Å²) in [4.78, 5) is 51.6. The number of aromatic nitrogens is 1. The Labute approximate surface area is 137 Å². The molecule has 0 radical (unpaired) electrons. The molecule has 4 amide bonds. The summed E-state index contributed by atoms with van der Waals surface area (Å²) in [5.41, 5.74) is 0.655. The molecule has 0 bridgehead atoms. The van der Waals surface area contributed by atoms with Crippen LogP contribution in [0.15, 0.2) is 18.2 Å². The van der Waals surface area contributed by atoms with Crippen molar-refractivity contribution in [1.29, 1.82) is 0 Å². The second-order valence-electron chi connectivity index (χ2n) is 4.68. The number of imide groups is 2. The van der Waals surface area contributed by atoms with Gasteiger partial charge in [0.2, 0.25) is 0 Å². The number of halogens is 1. The van der Waals surface area contributed by atoms with Gasteiger partial charge in [0.05, 0.1) is 16.8 Å². The Bertz CT molecular complexity index is 864. The molecule has 1 saturated heterocycles. The minimum absolute atomic E-state index is 0.198. The average Bonchev–Trinajstić information content (AvgIpc) is 2.96. The number of rotatable bonds is 4. The minimum Gasteiger partial charge on any atom is -0.480 e. The SMILES string of the molecule is O=C(O)CN1C(=O)C(=O)N(Cc2nc3ccc(Cl)cc3s2)C1=O. The van der Waals surface area contributed by atoms with Crippen molar-refractivity contribution in [2.75, 3.05) is 6.54 Å². The van der Waals surface area contributed by atoms with Crippen LogP contribution in [-0.4, -0.2) is 50.2 Å². The zero-order valence-electron chi connectivity index (χ0n) is 11.4. The molecule has 3 rings (SSSR count). The van der Waals surface area contributed by atoms with E-state index in [0.29, 0.717) is 25.3 Å². The summed E-state index contributed by atoms with van der Waals surface area (Å²) >= 11 is 7.12. The number of benzene rings is 1. The molecule has 1 aromatic carbocycles. The lowest BCUT2D eigenvalue weighted by Gasteiger charge is -2.12. The summed E-state index contributed by atoms with van der Waals surface area (Å²) < 4.78 is 0.778. The van der Waals surface area contributed by atoms with E-state index in [1.54, 1.807) is 18.2 Å². The summed E-state index contributed by atoms with van der Waals surface area (Å²) in [5, 5.41) is 9.66. The highest BCUT2D eigenvalue weighted by molar-refractivity contribution is 7.18. The van der Waals surface area contributed by atoms with Gasteiger partial charge in [-0.3, -0.25) is 14.4 Å². The molecule has 1 aromatic heterocycles. The normalized spacial score (nSPS) is 15.1. The highest BCUT2D eigenvalue weighted by Crippen LogP contribution is 2.27. The number of carbonyl (C=O) groups excluding carboxylic acids is 3. The van der Waals surface area contributed by atoms with Gasteiger partial charge in [0.25, 0.3) is 0 Å². The predicted octanol–water partition coefficient (Wildman–Crippen LogP) is 1.33. The molecule has 0 spiro atoms. The van der Waals surface area contributed by atoms with Crippen molar-refractivity contribution in [2.45, 2.75) is 6.54 Å². The van der Waals surface area contributed by atoms with Crippen LogP contribution in [0.2, 0.25) is 5.02 Å². The van der Waals surface area contributed by atoms with Crippen LogP contribution in [0.1, 0.15) is 5.01 Å². The third kappa shape index (κ3) is 2.76. The zero-order chi connectivity index (χ0) is 16.7. The number of urea groups is 1. The van der Waals surface area contributed by atoms with E-state index in [-0.39, 0.29) is 6.54 Å². The fraction of sp³-hybridized carbons (Fsp3) is 0.154. The number of nitrogens with zero attached hydrogens (tertiary/aromatic N) is 3. The van der Waals surface area contributed by atoms with E-state index in [9.17, 15) is 19.2 Å². The lowest BCUT2D eigenvalue weighted by atomic mass is 10.3. The third-order valence-corrected chi connectivity index (χ3v) is 4.35. The molecule has 1 aliphatic rings. The average molecular weight is 354 g/mol. The molecule has 118 valence electrons. The lowest BCUT2D eigenvalue weighted by molar-refractivity contribution is -0.146. The molecule has 1 fully saturated rings. The maximum absolute atomic E-state index is 12.0. The first-order valence-corrected chi connectivity index (χ1v) is 7.50. The minimum atomic E-state index is -1.38. The van der Waals surface area contributed by atoms with E-state index >= 15 is 0 Å². The van der Waals surface area contributed by atoms with Gasteiger partial charge in [-0.2, -0.15) is 0 Å². The highest BCUT2D eigenvalue weighted by Gasteiger charge is 2.45. The van der Waals surface area contributed by atoms with Gasteiger partial charge in [-0.25, -0.2) is 19.6 Å². The quantitative estimate of drug-likeness (QED) is 0.656. The van der Waals surface area contributed by atoms with Crippen LogP contribution in [0.5, 0.6) is 0 Å². The number of carboxylic acids is 1. The van der Waals surface area contributed by atoms with E-state index < -0.39 is 30.4 Å². The number of carbonyl (C=O) groups is 4. The molecule has 1 N–H and O–H groups in total. The molecule has 10 heteroatoms. The Morgan fingerprint density at radius 1 is 1.22 bits per heavy atom. The van der Waals surface area contributed by atoms with E-state index in [4.69, 9.17) is 16.7 Å². The lowest BCUT2D eigenvalue weighted by Crippen LogP contribution is -2.36. The number of amides is 4. The largest absolute Gasteiger partial charge is 0.480 e. The summed E-state index contributed by atoms with van der Waals surface area (Å²) in [6.45, 7) is -1.05. The highest BCUT2D eigenvalue weighted by atomic mass is 35.5. The molecule has 8 nitrogen and oxygen atoms in total. The zero-order valence-corrected chi connectivity index (χ0v) is 12.9. The fourth-order valence-corrected chi connectivity index (χ4v) is 3.35. The topological polar surface area (TPSA) is 108 Å². The van der Waals surface area contributed by atoms with Crippen LogP contribution in [-0.2, 0) is 20.9 Å². The van der Waals surface area contributed by atoms with Gasteiger partial charge >= 0.3 is 23.8 Å². The summed E-state index contributed by atoms with van der Waals surface area (Å²) in [6.07, 6.45) is 0. The number of thiazole rings is 1. The summed E-state index contributed by atoms with van der Waals surface area (Å²) in [5.74, 6) is -3.59. The van der Waals surface area contributed by atoms with Crippen molar-refractivity contribution >= 4 is 57.0 Å². The molecule has 2 aromatic rings. The van der Waals surface area contributed by atoms with Crippen molar-refractivity contribution in [1.82, 2.24) is 14.8 Å². The van der Waals surface area contributed by atoms with Crippen molar-refractivity contribution < 1.29 is 24.3 Å². The third-order valence-electron chi connectivity index (χ3n) is 3.12. The maximum Gasteiger partial charge on any atom is 0.335 e. The molecule has 0 unspecified atom stereocenters. The van der Waals surface area contributed by atoms with Gasteiger partial charge in [-0.05, 0) is 18.2 Å². The molecule has 2 heterocycles. The molecule has 23 heavy (non-hydrogen) atoms. The second-order valence-corrected chi connectivity index (χ2v) is 6.23. The monoisotopic (exact) mass is 353 g/mol. The van der Waals surface area contributed by atoms with Gasteiger partial charge in [-0.1, -0.05) is 11.6 Å². The van der Waals surface area contributed by atoms with Crippen molar-refractivity contribution in [3.05, 3.63) is 28.2 Å². The van der Waals surface area contributed by atoms with Gasteiger partial charge < -0.3 is 5.11 Å². The molecule has 0 saturated carbocycles. The van der Waals surface area contributed by atoms with E-state index in [1.807, 2.05) is 0 Å².